The van der Waals surface area contributed by atoms with Gasteiger partial charge in [0, 0.05) is 18.3 Å². The Morgan fingerprint density at radius 1 is 1.24 bits per heavy atom. The molecule has 2 aromatic rings. The van der Waals surface area contributed by atoms with E-state index in [2.05, 4.69) is 10.4 Å². The minimum atomic E-state index is -4.60. The fourth-order valence-electron chi connectivity index (χ4n) is 3.32. The van der Waals surface area contributed by atoms with Gasteiger partial charge in [0.15, 0.2) is 0 Å². The molecule has 1 aromatic carbocycles. The highest BCUT2D eigenvalue weighted by atomic mass is 32.2. The molecule has 0 spiro atoms. The van der Waals surface area contributed by atoms with Gasteiger partial charge in [-0.3, -0.25) is 9.59 Å². The average Bonchev–Trinajstić information content (AvgIpc) is 2.72. The molecule has 0 saturated carbocycles. The molecule has 0 aliphatic carbocycles. The van der Waals surface area contributed by atoms with Crippen LogP contribution in [0.4, 0.5) is 18.9 Å². The van der Waals surface area contributed by atoms with Crippen molar-refractivity contribution in [1.29, 1.82) is 0 Å². The number of alkyl halides is 3. The predicted octanol–water partition coefficient (Wildman–Crippen LogP) is 1.84. The van der Waals surface area contributed by atoms with E-state index in [1.165, 1.54) is 23.4 Å². The Morgan fingerprint density at radius 2 is 1.94 bits per heavy atom. The first-order valence-corrected chi connectivity index (χ1v) is 11.6. The van der Waals surface area contributed by atoms with Gasteiger partial charge in [-0.1, -0.05) is 6.08 Å². The van der Waals surface area contributed by atoms with E-state index in [0.717, 1.165) is 29.1 Å². The van der Waals surface area contributed by atoms with Crippen LogP contribution < -0.4 is 16.6 Å². The lowest BCUT2D eigenvalue weighted by Gasteiger charge is -2.25. The quantitative estimate of drug-likeness (QED) is 0.623. The maximum atomic E-state index is 13.1. The number of anilines is 1. The zero-order valence-electron chi connectivity index (χ0n) is 17.8. The van der Waals surface area contributed by atoms with Crippen LogP contribution in [0.1, 0.15) is 41.0 Å². The molecule has 3 rings (SSSR count). The molecule has 1 aromatic heterocycles. The summed E-state index contributed by atoms with van der Waals surface area (Å²) < 4.78 is 65.0. The summed E-state index contributed by atoms with van der Waals surface area (Å²) in [5.74, 6) is -0.733. The standard InChI is InChI=1S/C20H22F3N5O4S/c1-12(13-8-14(20(21,22)23)10-15(24)9-13)25-19(30)17-5-6-18(29)28(26-17)16-4-3-7-27(11-16)33(2,31)32/h4-6,8-10,12H,3,7,11,24H2,1-2H3,(H,25,30)/t12-/m1/s1. The summed E-state index contributed by atoms with van der Waals surface area (Å²) in [5.41, 5.74) is 4.24. The number of nitrogens with one attached hydrogen (secondary N) is 1. The summed E-state index contributed by atoms with van der Waals surface area (Å²) in [6, 6.07) is 4.45. The van der Waals surface area contributed by atoms with Crippen LogP contribution in [0.5, 0.6) is 0 Å². The number of sulfonamides is 1. The third kappa shape index (κ3) is 5.79. The van der Waals surface area contributed by atoms with Crippen LogP contribution in [0.15, 0.2) is 41.2 Å². The molecule has 13 heteroatoms. The van der Waals surface area contributed by atoms with E-state index >= 15 is 0 Å². The van der Waals surface area contributed by atoms with Crippen molar-refractivity contribution in [1.82, 2.24) is 19.4 Å². The van der Waals surface area contributed by atoms with Crippen LogP contribution in [-0.4, -0.2) is 47.8 Å². The van der Waals surface area contributed by atoms with E-state index in [1.54, 1.807) is 6.08 Å². The lowest BCUT2D eigenvalue weighted by Crippen LogP contribution is -2.38. The van der Waals surface area contributed by atoms with Crippen LogP contribution >= 0.6 is 0 Å². The first-order chi connectivity index (χ1) is 15.3. The molecule has 1 aliphatic heterocycles. The van der Waals surface area contributed by atoms with Gasteiger partial charge in [-0.05, 0) is 43.2 Å². The van der Waals surface area contributed by atoms with Crippen molar-refractivity contribution in [2.24, 2.45) is 0 Å². The highest BCUT2D eigenvalue weighted by Crippen LogP contribution is 2.32. The molecule has 0 radical (unpaired) electrons. The van der Waals surface area contributed by atoms with Crippen molar-refractivity contribution in [3.63, 3.8) is 0 Å². The Balaban J connectivity index is 1.84. The van der Waals surface area contributed by atoms with Gasteiger partial charge >= 0.3 is 6.18 Å². The molecular weight excluding hydrogens is 463 g/mol. The molecule has 178 valence electrons. The molecule has 0 fully saturated rings. The maximum Gasteiger partial charge on any atom is 0.416 e. The van der Waals surface area contributed by atoms with E-state index < -0.39 is 39.3 Å². The van der Waals surface area contributed by atoms with Gasteiger partial charge < -0.3 is 11.1 Å². The second-order valence-electron chi connectivity index (χ2n) is 7.63. The highest BCUT2D eigenvalue weighted by molar-refractivity contribution is 7.88. The van der Waals surface area contributed by atoms with Crippen molar-refractivity contribution in [2.45, 2.75) is 25.6 Å². The van der Waals surface area contributed by atoms with Crippen LogP contribution in [-0.2, 0) is 16.2 Å². The van der Waals surface area contributed by atoms with Gasteiger partial charge in [-0.15, -0.1) is 0 Å². The number of carbonyl (C=O) groups is 1. The van der Waals surface area contributed by atoms with Crippen molar-refractivity contribution in [3.05, 3.63) is 63.6 Å². The normalized spacial score (nSPS) is 16.2. The van der Waals surface area contributed by atoms with Crippen molar-refractivity contribution in [2.75, 3.05) is 25.1 Å². The summed E-state index contributed by atoms with van der Waals surface area (Å²) >= 11 is 0. The lowest BCUT2D eigenvalue weighted by atomic mass is 10.0. The number of rotatable bonds is 5. The Bertz CT molecular complexity index is 1270. The fourth-order valence-corrected chi connectivity index (χ4v) is 4.12. The van der Waals surface area contributed by atoms with E-state index in [0.29, 0.717) is 12.1 Å². The number of aromatic nitrogens is 2. The number of hydrogen-bond donors (Lipinski definition) is 2. The maximum absolute atomic E-state index is 13.1. The highest BCUT2D eigenvalue weighted by Gasteiger charge is 2.31. The summed E-state index contributed by atoms with van der Waals surface area (Å²) in [6.07, 6.45) is -1.52. The van der Waals surface area contributed by atoms with Gasteiger partial charge in [0.1, 0.15) is 5.69 Å². The molecule has 2 heterocycles. The lowest BCUT2D eigenvalue weighted by molar-refractivity contribution is -0.137. The second kappa shape index (κ2) is 8.98. The number of nitrogens with zero attached hydrogens (tertiary/aromatic N) is 3. The molecule has 1 amide bonds. The Kier molecular flexibility index (Phi) is 6.65. The van der Waals surface area contributed by atoms with E-state index in [4.69, 9.17) is 5.73 Å². The molecule has 3 N–H and O–H groups in total. The van der Waals surface area contributed by atoms with Crippen LogP contribution in [0.25, 0.3) is 5.70 Å². The van der Waals surface area contributed by atoms with Gasteiger partial charge in [-0.25, -0.2) is 8.42 Å². The van der Waals surface area contributed by atoms with Crippen LogP contribution in [0.2, 0.25) is 0 Å². The number of carbonyl (C=O) groups excluding carboxylic acids is 1. The molecule has 0 unspecified atom stereocenters. The number of amides is 1. The molecule has 9 nitrogen and oxygen atoms in total. The summed E-state index contributed by atoms with van der Waals surface area (Å²) in [4.78, 5) is 25.0. The monoisotopic (exact) mass is 485 g/mol. The van der Waals surface area contributed by atoms with E-state index in [-0.39, 0.29) is 30.0 Å². The Hall–Kier alpha value is -3.19. The Labute approximate surface area is 187 Å². The first-order valence-electron chi connectivity index (χ1n) is 9.79. The largest absolute Gasteiger partial charge is 0.416 e. The molecule has 1 aliphatic rings. The number of nitrogen functional groups attached to an aromatic ring is 1. The first kappa shape index (κ1) is 24.5. The van der Waals surface area contributed by atoms with Crippen LogP contribution in [0, 0.1) is 0 Å². The molecule has 1 atom stereocenters. The van der Waals surface area contributed by atoms with Gasteiger partial charge in [-0.2, -0.15) is 27.3 Å². The zero-order valence-corrected chi connectivity index (χ0v) is 18.6. The van der Waals surface area contributed by atoms with Gasteiger partial charge in [0.25, 0.3) is 11.5 Å². The van der Waals surface area contributed by atoms with Gasteiger partial charge in [0.2, 0.25) is 10.0 Å². The van der Waals surface area contributed by atoms with Crippen molar-refractivity contribution in [3.8, 4) is 0 Å². The number of benzene rings is 1. The van der Waals surface area contributed by atoms with Gasteiger partial charge in [0.05, 0.1) is 30.1 Å². The third-order valence-electron chi connectivity index (χ3n) is 5.02. The molecule has 0 saturated heterocycles. The fraction of sp³-hybridized carbons (Fsp3) is 0.350. The van der Waals surface area contributed by atoms with E-state index in [9.17, 15) is 31.2 Å². The summed E-state index contributed by atoms with van der Waals surface area (Å²) in [6.45, 7) is 1.65. The number of halogens is 3. The second-order valence-corrected chi connectivity index (χ2v) is 9.61. The molecule has 33 heavy (non-hydrogen) atoms. The van der Waals surface area contributed by atoms with E-state index in [1.807, 2.05) is 0 Å². The predicted molar refractivity (Wildman–Crippen MR) is 116 cm³/mol. The molecular formula is C20H22F3N5O4S. The smallest absolute Gasteiger partial charge is 0.399 e. The number of nitrogens with two attached hydrogens (primary N) is 1. The number of hydrogen-bond acceptors (Lipinski definition) is 6. The minimum Gasteiger partial charge on any atom is -0.399 e. The van der Waals surface area contributed by atoms with Crippen LogP contribution in [0.3, 0.4) is 0 Å². The van der Waals surface area contributed by atoms with Crippen molar-refractivity contribution < 1.29 is 26.4 Å². The van der Waals surface area contributed by atoms with Crippen molar-refractivity contribution >= 4 is 27.3 Å². The average molecular weight is 485 g/mol. The third-order valence-corrected chi connectivity index (χ3v) is 6.27. The minimum absolute atomic E-state index is 0.0866. The summed E-state index contributed by atoms with van der Waals surface area (Å²) in [5, 5.41) is 6.57. The Morgan fingerprint density at radius 3 is 2.58 bits per heavy atom. The zero-order chi connectivity index (χ0) is 24.6. The topological polar surface area (TPSA) is 127 Å². The molecule has 0 bridgehead atoms. The summed E-state index contributed by atoms with van der Waals surface area (Å²) in [7, 11) is -3.49. The SMILES string of the molecule is C[C@@H](NC(=O)c1ccc(=O)n(C2=CCCN(S(C)(=O)=O)C2)n1)c1cc(N)cc(C(F)(F)F)c1.